The Morgan fingerprint density at radius 2 is 0.862 bits per heavy atom. The third kappa shape index (κ3) is 5.47. The van der Waals surface area contributed by atoms with Crippen molar-refractivity contribution in [3.05, 3.63) is 200 Å². The van der Waals surface area contributed by atoms with E-state index < -0.39 is 11.6 Å². The highest BCUT2D eigenvalue weighted by atomic mass is 19.1. The van der Waals surface area contributed by atoms with Crippen molar-refractivity contribution < 1.29 is 8.78 Å². The zero-order valence-electron chi connectivity index (χ0n) is 30.9. The van der Waals surface area contributed by atoms with Gasteiger partial charge in [-0.15, -0.1) is 0 Å². The maximum Gasteiger partial charge on any atom is 0.166 e. The lowest BCUT2D eigenvalue weighted by atomic mass is 10.00. The van der Waals surface area contributed by atoms with Crippen LogP contribution in [0.5, 0.6) is 0 Å². The van der Waals surface area contributed by atoms with Gasteiger partial charge in [0.25, 0.3) is 0 Å². The van der Waals surface area contributed by atoms with E-state index in [1.807, 2.05) is 84.9 Å². The minimum atomic E-state index is -0.654. The van der Waals surface area contributed by atoms with Crippen LogP contribution in [-0.2, 0) is 0 Å². The van der Waals surface area contributed by atoms with Gasteiger partial charge in [-0.3, -0.25) is 0 Å². The second kappa shape index (κ2) is 13.5. The van der Waals surface area contributed by atoms with Crippen LogP contribution in [0.3, 0.4) is 0 Å². The van der Waals surface area contributed by atoms with Crippen LogP contribution in [0.25, 0.3) is 100 Å². The molecule has 0 spiro atoms. The Bertz CT molecular complexity index is 3260. The molecule has 5 nitrogen and oxygen atoms in total. The average Bonchev–Trinajstić information content (AvgIpc) is 3.79. The molecule has 11 rings (SSSR count). The Kier molecular flexibility index (Phi) is 7.79. The standard InChI is InChI=1S/C51H31F2N5/c52-35-24-26-37(43(53)30-35)34-23-27-48(42(29-34)51-55-49(32-13-3-1-4-14-32)54-50(56-51)33-15-5-2-6-16-33)58-46-22-12-9-19-40(46)41-31-36(25-28-47(41)58)57-44-20-10-7-17-38(44)39-18-8-11-21-45(39)57/h1-31H. The first kappa shape index (κ1) is 33.6. The molecule has 0 fully saturated rings. The predicted octanol–water partition coefficient (Wildman–Crippen LogP) is 13.0. The molecular formula is C51H31F2N5. The number of hydrogen-bond donors (Lipinski definition) is 0. The number of halogens is 2. The van der Waals surface area contributed by atoms with Crippen LogP contribution in [0.15, 0.2) is 188 Å². The number of benzene rings is 8. The van der Waals surface area contributed by atoms with Crippen LogP contribution < -0.4 is 0 Å². The van der Waals surface area contributed by atoms with E-state index >= 15 is 4.39 Å². The topological polar surface area (TPSA) is 48.5 Å². The van der Waals surface area contributed by atoms with Gasteiger partial charge in [0.2, 0.25) is 0 Å². The molecule has 0 radical (unpaired) electrons. The summed E-state index contributed by atoms with van der Waals surface area (Å²) < 4.78 is 34.2. The number of fused-ring (bicyclic) bond motifs is 6. The maximum absolute atomic E-state index is 15.5. The van der Waals surface area contributed by atoms with Gasteiger partial charge in [-0.2, -0.15) is 0 Å². The first-order chi connectivity index (χ1) is 28.6. The minimum absolute atomic E-state index is 0.271. The summed E-state index contributed by atoms with van der Waals surface area (Å²) >= 11 is 0. The Balaban J connectivity index is 1.19. The van der Waals surface area contributed by atoms with E-state index in [-0.39, 0.29) is 5.56 Å². The summed E-state index contributed by atoms with van der Waals surface area (Å²) in [5.41, 5.74) is 9.24. The van der Waals surface area contributed by atoms with Gasteiger partial charge in [0.1, 0.15) is 11.6 Å². The molecule has 0 aliphatic rings. The van der Waals surface area contributed by atoms with Gasteiger partial charge in [0.05, 0.1) is 27.8 Å². The first-order valence-electron chi connectivity index (χ1n) is 19.1. The number of aromatic nitrogens is 5. The molecule has 0 bridgehead atoms. The quantitative estimate of drug-likeness (QED) is 0.170. The Hall–Kier alpha value is -7.77. The molecule has 58 heavy (non-hydrogen) atoms. The van der Waals surface area contributed by atoms with Crippen molar-refractivity contribution in [2.24, 2.45) is 0 Å². The molecule has 0 amide bonds. The molecule has 0 saturated heterocycles. The van der Waals surface area contributed by atoms with E-state index in [1.165, 1.54) is 22.9 Å². The third-order valence-electron chi connectivity index (χ3n) is 10.9. The molecule has 0 aliphatic heterocycles. The second-order valence-electron chi connectivity index (χ2n) is 14.3. The van der Waals surface area contributed by atoms with E-state index in [0.29, 0.717) is 28.6 Å². The monoisotopic (exact) mass is 751 g/mol. The van der Waals surface area contributed by atoms with Crippen LogP contribution in [0.2, 0.25) is 0 Å². The van der Waals surface area contributed by atoms with Crippen molar-refractivity contribution in [1.29, 1.82) is 0 Å². The molecule has 274 valence electrons. The molecule has 0 unspecified atom stereocenters. The minimum Gasteiger partial charge on any atom is -0.309 e. The highest BCUT2D eigenvalue weighted by Gasteiger charge is 2.22. The van der Waals surface area contributed by atoms with Gasteiger partial charge in [-0.1, -0.05) is 121 Å². The smallest absolute Gasteiger partial charge is 0.166 e. The summed E-state index contributed by atoms with van der Waals surface area (Å²) in [6.07, 6.45) is 0. The average molecular weight is 752 g/mol. The largest absolute Gasteiger partial charge is 0.309 e. The van der Waals surface area contributed by atoms with Crippen LogP contribution >= 0.6 is 0 Å². The number of rotatable bonds is 6. The molecule has 0 aliphatic carbocycles. The molecule has 0 atom stereocenters. The van der Waals surface area contributed by atoms with E-state index in [4.69, 9.17) is 15.0 Å². The molecule has 0 N–H and O–H groups in total. The Morgan fingerprint density at radius 3 is 1.47 bits per heavy atom. The summed E-state index contributed by atoms with van der Waals surface area (Å²) in [5.74, 6) is 0.137. The summed E-state index contributed by atoms with van der Waals surface area (Å²) in [4.78, 5) is 15.2. The summed E-state index contributed by atoms with van der Waals surface area (Å²) in [7, 11) is 0. The fraction of sp³-hybridized carbons (Fsp3) is 0. The van der Waals surface area contributed by atoms with Crippen molar-refractivity contribution in [2.45, 2.75) is 0 Å². The van der Waals surface area contributed by atoms with Crippen LogP contribution in [0, 0.1) is 11.6 Å². The SMILES string of the molecule is Fc1ccc(-c2ccc(-n3c4ccccc4c4cc(-n5c6ccccc6c6ccccc65)ccc43)c(-c3nc(-c4ccccc4)nc(-c4ccccc4)n3)c2)c(F)c1. The Morgan fingerprint density at radius 1 is 0.345 bits per heavy atom. The van der Waals surface area contributed by atoms with Gasteiger partial charge in [0.15, 0.2) is 17.5 Å². The fourth-order valence-electron chi connectivity index (χ4n) is 8.29. The van der Waals surface area contributed by atoms with Gasteiger partial charge < -0.3 is 9.13 Å². The Labute approximate surface area is 331 Å². The van der Waals surface area contributed by atoms with Crippen LogP contribution in [0.1, 0.15) is 0 Å². The number of para-hydroxylation sites is 3. The highest BCUT2D eigenvalue weighted by molar-refractivity contribution is 6.12. The normalized spacial score (nSPS) is 11.6. The summed E-state index contributed by atoms with van der Waals surface area (Å²) in [6.45, 7) is 0. The number of nitrogens with zero attached hydrogens (tertiary/aromatic N) is 5. The molecule has 0 saturated carbocycles. The third-order valence-corrected chi connectivity index (χ3v) is 10.9. The zero-order chi connectivity index (χ0) is 38.7. The lowest BCUT2D eigenvalue weighted by Gasteiger charge is -2.17. The van der Waals surface area contributed by atoms with Gasteiger partial charge in [-0.25, -0.2) is 23.7 Å². The van der Waals surface area contributed by atoms with E-state index in [1.54, 1.807) is 0 Å². The summed E-state index contributed by atoms with van der Waals surface area (Å²) in [5, 5.41) is 4.54. The zero-order valence-corrected chi connectivity index (χ0v) is 30.9. The molecule has 8 aromatic carbocycles. The lowest BCUT2D eigenvalue weighted by molar-refractivity contribution is 0.585. The second-order valence-corrected chi connectivity index (χ2v) is 14.3. The highest BCUT2D eigenvalue weighted by Crippen LogP contribution is 2.40. The van der Waals surface area contributed by atoms with Crippen molar-refractivity contribution in [3.8, 4) is 56.7 Å². The molecule has 11 aromatic rings. The summed E-state index contributed by atoms with van der Waals surface area (Å²) in [6, 6.07) is 61.0. The van der Waals surface area contributed by atoms with Crippen molar-refractivity contribution >= 4 is 43.6 Å². The van der Waals surface area contributed by atoms with Crippen LogP contribution in [0.4, 0.5) is 8.78 Å². The lowest BCUT2D eigenvalue weighted by Crippen LogP contribution is -2.04. The van der Waals surface area contributed by atoms with E-state index in [0.717, 1.165) is 61.4 Å². The van der Waals surface area contributed by atoms with Crippen molar-refractivity contribution in [3.63, 3.8) is 0 Å². The van der Waals surface area contributed by atoms with Crippen molar-refractivity contribution in [1.82, 2.24) is 24.1 Å². The molecular weight excluding hydrogens is 721 g/mol. The van der Waals surface area contributed by atoms with Gasteiger partial charge in [-0.05, 0) is 66.2 Å². The predicted molar refractivity (Wildman–Crippen MR) is 230 cm³/mol. The van der Waals surface area contributed by atoms with Gasteiger partial charge in [0, 0.05) is 55.6 Å². The van der Waals surface area contributed by atoms with E-state index in [9.17, 15) is 4.39 Å². The van der Waals surface area contributed by atoms with Crippen LogP contribution in [-0.4, -0.2) is 24.1 Å². The number of hydrogen-bond acceptors (Lipinski definition) is 3. The van der Waals surface area contributed by atoms with E-state index in [2.05, 4.69) is 94.1 Å². The molecule has 7 heteroatoms. The molecule has 3 aromatic heterocycles. The fourth-order valence-corrected chi connectivity index (χ4v) is 8.29. The first-order valence-corrected chi connectivity index (χ1v) is 19.1. The van der Waals surface area contributed by atoms with Gasteiger partial charge >= 0.3 is 0 Å². The maximum atomic E-state index is 15.5. The molecule has 3 heterocycles. The van der Waals surface area contributed by atoms with Crippen molar-refractivity contribution in [2.75, 3.05) is 0 Å².